The molecule has 2 N–H and O–H groups in total. The standard InChI is InChI=1S/C9H11IN2O/c10-9-6(4-11)3-8(5-12-9)13-7-1-2-7/h3,5,7H,1-2,4,11H2. The summed E-state index contributed by atoms with van der Waals surface area (Å²) in [5.41, 5.74) is 6.62. The average Bonchev–Trinajstić information content (AvgIpc) is 2.92. The van der Waals surface area contributed by atoms with Gasteiger partial charge in [0.05, 0.1) is 12.3 Å². The molecule has 1 aromatic heterocycles. The molecule has 0 spiro atoms. The maximum atomic E-state index is 5.60. The van der Waals surface area contributed by atoms with E-state index in [1.165, 1.54) is 12.8 Å². The largest absolute Gasteiger partial charge is 0.489 e. The Morgan fingerprint density at radius 2 is 2.38 bits per heavy atom. The Labute approximate surface area is 90.8 Å². The topological polar surface area (TPSA) is 48.1 Å². The summed E-state index contributed by atoms with van der Waals surface area (Å²) in [5.74, 6) is 0.850. The van der Waals surface area contributed by atoms with Crippen LogP contribution >= 0.6 is 22.6 Å². The van der Waals surface area contributed by atoms with Crippen LogP contribution in [0.5, 0.6) is 5.75 Å². The average molecular weight is 290 g/mol. The third-order valence-corrected chi connectivity index (χ3v) is 2.90. The molecule has 2 rings (SSSR count). The number of pyridine rings is 1. The molecule has 0 aliphatic heterocycles. The highest BCUT2D eigenvalue weighted by atomic mass is 127. The quantitative estimate of drug-likeness (QED) is 0.680. The summed E-state index contributed by atoms with van der Waals surface area (Å²) in [5, 5.41) is 0. The first-order valence-electron chi connectivity index (χ1n) is 4.30. The van der Waals surface area contributed by atoms with E-state index in [0.29, 0.717) is 12.6 Å². The number of hydrogen-bond acceptors (Lipinski definition) is 3. The number of hydrogen-bond donors (Lipinski definition) is 1. The van der Waals surface area contributed by atoms with E-state index >= 15 is 0 Å². The van der Waals surface area contributed by atoms with Crippen LogP contribution in [-0.2, 0) is 6.54 Å². The van der Waals surface area contributed by atoms with Crippen LogP contribution in [0.1, 0.15) is 18.4 Å². The van der Waals surface area contributed by atoms with Gasteiger partial charge in [0, 0.05) is 12.1 Å². The Kier molecular flexibility index (Phi) is 2.69. The van der Waals surface area contributed by atoms with E-state index in [1.807, 2.05) is 6.07 Å². The molecule has 13 heavy (non-hydrogen) atoms. The number of aromatic nitrogens is 1. The SMILES string of the molecule is NCc1cc(OC2CC2)cnc1I. The lowest BCUT2D eigenvalue weighted by atomic mass is 10.3. The number of nitrogens with two attached hydrogens (primary N) is 1. The lowest BCUT2D eigenvalue weighted by molar-refractivity contribution is 0.301. The number of rotatable bonds is 3. The Morgan fingerprint density at radius 1 is 1.62 bits per heavy atom. The molecule has 0 saturated heterocycles. The summed E-state index contributed by atoms with van der Waals surface area (Å²) >= 11 is 2.18. The van der Waals surface area contributed by atoms with E-state index in [4.69, 9.17) is 10.5 Å². The molecular weight excluding hydrogens is 279 g/mol. The van der Waals surface area contributed by atoms with Gasteiger partial charge in [-0.2, -0.15) is 0 Å². The summed E-state index contributed by atoms with van der Waals surface area (Å²) in [6, 6.07) is 1.98. The zero-order valence-electron chi connectivity index (χ0n) is 7.16. The molecule has 0 radical (unpaired) electrons. The van der Waals surface area contributed by atoms with Crippen molar-refractivity contribution < 1.29 is 4.74 Å². The Bertz CT molecular complexity index is 312. The molecule has 0 amide bonds. The monoisotopic (exact) mass is 290 g/mol. The first-order chi connectivity index (χ1) is 6.29. The van der Waals surface area contributed by atoms with E-state index in [2.05, 4.69) is 27.6 Å². The molecule has 1 saturated carbocycles. The summed E-state index contributed by atoms with van der Waals surface area (Å²) in [4.78, 5) is 4.21. The molecule has 0 bridgehead atoms. The summed E-state index contributed by atoms with van der Waals surface area (Å²) in [7, 11) is 0. The highest BCUT2D eigenvalue weighted by Crippen LogP contribution is 2.27. The predicted molar refractivity (Wildman–Crippen MR) is 58.5 cm³/mol. The molecule has 3 nitrogen and oxygen atoms in total. The summed E-state index contributed by atoms with van der Waals surface area (Å²) in [6.45, 7) is 0.521. The predicted octanol–water partition coefficient (Wildman–Crippen LogP) is 1.69. The molecule has 1 aromatic rings. The minimum Gasteiger partial charge on any atom is -0.489 e. The zero-order valence-corrected chi connectivity index (χ0v) is 9.32. The lowest BCUT2D eigenvalue weighted by Crippen LogP contribution is -2.03. The maximum Gasteiger partial charge on any atom is 0.138 e. The molecule has 1 fully saturated rings. The van der Waals surface area contributed by atoms with Crippen LogP contribution in [0.3, 0.4) is 0 Å². The van der Waals surface area contributed by atoms with Gasteiger partial charge in [-0.15, -0.1) is 0 Å². The molecular formula is C9H11IN2O. The molecule has 0 atom stereocenters. The van der Waals surface area contributed by atoms with E-state index in [1.54, 1.807) is 6.20 Å². The normalized spacial score (nSPS) is 15.8. The van der Waals surface area contributed by atoms with Crippen molar-refractivity contribution in [2.24, 2.45) is 5.73 Å². The molecule has 0 aromatic carbocycles. The van der Waals surface area contributed by atoms with Gasteiger partial charge in [0.1, 0.15) is 9.45 Å². The number of ether oxygens (including phenoxy) is 1. The van der Waals surface area contributed by atoms with Gasteiger partial charge in [-0.3, -0.25) is 0 Å². The van der Waals surface area contributed by atoms with Crippen molar-refractivity contribution in [2.45, 2.75) is 25.5 Å². The third-order valence-electron chi connectivity index (χ3n) is 1.93. The second kappa shape index (κ2) is 3.79. The van der Waals surface area contributed by atoms with Gasteiger partial charge in [0.2, 0.25) is 0 Å². The van der Waals surface area contributed by atoms with Gasteiger partial charge < -0.3 is 10.5 Å². The van der Waals surface area contributed by atoms with Crippen LogP contribution in [0.2, 0.25) is 0 Å². The van der Waals surface area contributed by atoms with Crippen LogP contribution in [0.4, 0.5) is 0 Å². The Morgan fingerprint density at radius 3 is 3.00 bits per heavy atom. The smallest absolute Gasteiger partial charge is 0.138 e. The van der Waals surface area contributed by atoms with Crippen molar-refractivity contribution in [3.8, 4) is 5.75 Å². The van der Waals surface area contributed by atoms with Crippen molar-refractivity contribution in [3.63, 3.8) is 0 Å². The third kappa shape index (κ3) is 2.31. The van der Waals surface area contributed by atoms with Gasteiger partial charge in [-0.1, -0.05) is 0 Å². The molecule has 70 valence electrons. The molecule has 1 aliphatic rings. The highest BCUT2D eigenvalue weighted by molar-refractivity contribution is 14.1. The van der Waals surface area contributed by atoms with Crippen LogP contribution in [0.15, 0.2) is 12.3 Å². The van der Waals surface area contributed by atoms with Gasteiger partial charge in [0.25, 0.3) is 0 Å². The zero-order chi connectivity index (χ0) is 9.26. The lowest BCUT2D eigenvalue weighted by Gasteiger charge is -2.06. The highest BCUT2D eigenvalue weighted by Gasteiger charge is 2.23. The van der Waals surface area contributed by atoms with Crippen molar-refractivity contribution in [2.75, 3.05) is 0 Å². The van der Waals surface area contributed by atoms with Gasteiger partial charge >= 0.3 is 0 Å². The van der Waals surface area contributed by atoms with Crippen LogP contribution in [0.25, 0.3) is 0 Å². The molecule has 1 heterocycles. The first-order valence-corrected chi connectivity index (χ1v) is 5.38. The Balaban J connectivity index is 2.16. The van der Waals surface area contributed by atoms with Gasteiger partial charge in [-0.25, -0.2) is 4.98 Å². The van der Waals surface area contributed by atoms with Crippen molar-refractivity contribution in [1.82, 2.24) is 4.98 Å². The van der Waals surface area contributed by atoms with E-state index in [0.717, 1.165) is 15.0 Å². The van der Waals surface area contributed by atoms with Crippen molar-refractivity contribution in [1.29, 1.82) is 0 Å². The van der Waals surface area contributed by atoms with Crippen LogP contribution in [-0.4, -0.2) is 11.1 Å². The summed E-state index contributed by atoms with van der Waals surface area (Å²) < 4.78 is 6.56. The molecule has 4 heteroatoms. The van der Waals surface area contributed by atoms with Crippen molar-refractivity contribution in [3.05, 3.63) is 21.5 Å². The fraction of sp³-hybridized carbons (Fsp3) is 0.444. The van der Waals surface area contributed by atoms with Crippen LogP contribution in [0, 0.1) is 3.70 Å². The van der Waals surface area contributed by atoms with Gasteiger partial charge in [-0.05, 0) is 41.5 Å². The fourth-order valence-electron chi connectivity index (χ4n) is 1.06. The van der Waals surface area contributed by atoms with E-state index in [9.17, 15) is 0 Å². The minimum absolute atomic E-state index is 0.424. The molecule has 0 unspecified atom stereocenters. The first kappa shape index (κ1) is 9.21. The van der Waals surface area contributed by atoms with Crippen LogP contribution < -0.4 is 10.5 Å². The second-order valence-corrected chi connectivity index (χ2v) is 4.16. The number of halogens is 1. The summed E-state index contributed by atoms with van der Waals surface area (Å²) in [6.07, 6.45) is 4.53. The fourth-order valence-corrected chi connectivity index (χ4v) is 1.57. The molecule has 1 aliphatic carbocycles. The maximum absolute atomic E-state index is 5.60. The van der Waals surface area contributed by atoms with E-state index in [-0.39, 0.29) is 0 Å². The van der Waals surface area contributed by atoms with Crippen molar-refractivity contribution >= 4 is 22.6 Å². The second-order valence-electron chi connectivity index (χ2n) is 3.14. The number of nitrogens with zero attached hydrogens (tertiary/aromatic N) is 1. The van der Waals surface area contributed by atoms with E-state index < -0.39 is 0 Å². The van der Waals surface area contributed by atoms with Gasteiger partial charge in [0.15, 0.2) is 0 Å². The minimum atomic E-state index is 0.424. The Hall–Kier alpha value is -0.360.